The number of carbonyl (C=O) groups is 3. The first-order valence-electron chi connectivity index (χ1n) is 14.6. The second-order valence-electron chi connectivity index (χ2n) is 11.1. The van der Waals surface area contributed by atoms with Gasteiger partial charge < -0.3 is 15.1 Å². The average Bonchev–Trinajstić information content (AvgIpc) is 3.44. The van der Waals surface area contributed by atoms with E-state index >= 15 is 0 Å². The highest BCUT2D eigenvalue weighted by molar-refractivity contribution is 7.89. The average molecular weight is 627 g/mol. The molecule has 1 unspecified atom stereocenters. The number of furan rings is 1. The van der Waals surface area contributed by atoms with Crippen molar-refractivity contribution in [2.45, 2.75) is 68.5 Å². The maximum absolute atomic E-state index is 13.6. The van der Waals surface area contributed by atoms with Gasteiger partial charge in [0, 0.05) is 23.3 Å². The molecule has 0 radical (unpaired) electrons. The summed E-state index contributed by atoms with van der Waals surface area (Å²) < 4.78 is 33.0. The Kier molecular flexibility index (Phi) is 9.94. The van der Waals surface area contributed by atoms with Crippen LogP contribution in [0.3, 0.4) is 0 Å². The topological polar surface area (TPSA) is 139 Å². The van der Waals surface area contributed by atoms with Gasteiger partial charge in [0.1, 0.15) is 11.8 Å². The lowest BCUT2D eigenvalue weighted by Crippen LogP contribution is -2.53. The molecule has 3 heterocycles. The van der Waals surface area contributed by atoms with Crippen LogP contribution in [0.25, 0.3) is 11.3 Å². The third-order valence-corrected chi connectivity index (χ3v) is 10.1. The molecule has 228 valence electrons. The van der Waals surface area contributed by atoms with Crippen molar-refractivity contribution in [3.05, 3.63) is 71.6 Å². The molecular weight excluding hydrogens is 592 g/mol. The van der Waals surface area contributed by atoms with Crippen molar-refractivity contribution in [1.82, 2.24) is 19.9 Å². The van der Waals surface area contributed by atoms with Crippen LogP contribution in [0.5, 0.6) is 0 Å². The van der Waals surface area contributed by atoms with Gasteiger partial charge in [-0.1, -0.05) is 49.8 Å². The van der Waals surface area contributed by atoms with Gasteiger partial charge >= 0.3 is 0 Å². The Labute approximate surface area is 256 Å². The lowest BCUT2D eigenvalue weighted by atomic mass is 9.84. The van der Waals surface area contributed by atoms with Crippen molar-refractivity contribution < 1.29 is 27.2 Å². The number of sulfonamides is 1. The Bertz CT molecular complexity index is 1540. The molecule has 1 aliphatic carbocycles. The number of rotatable bonds is 9. The minimum Gasteiger partial charge on any atom is -0.451 e. The number of nitrogens with zero attached hydrogens (tertiary/aromatic N) is 2. The Morgan fingerprint density at radius 2 is 1.77 bits per heavy atom. The van der Waals surface area contributed by atoms with E-state index in [0.717, 1.165) is 42.0 Å². The smallest absolute Gasteiger partial charge is 0.287 e. The Morgan fingerprint density at radius 3 is 2.49 bits per heavy atom. The van der Waals surface area contributed by atoms with E-state index in [1.54, 1.807) is 48.5 Å². The number of hydrogen-bond acceptors (Lipinski definition) is 7. The van der Waals surface area contributed by atoms with Crippen molar-refractivity contribution in [2.75, 3.05) is 13.1 Å². The van der Waals surface area contributed by atoms with Gasteiger partial charge in [-0.3, -0.25) is 14.4 Å². The number of amides is 2. The summed E-state index contributed by atoms with van der Waals surface area (Å²) in [6.45, 7) is -0.239. The van der Waals surface area contributed by atoms with Crippen LogP contribution in [0.2, 0.25) is 5.02 Å². The molecule has 2 fully saturated rings. The Morgan fingerprint density at radius 1 is 1.00 bits per heavy atom. The lowest BCUT2D eigenvalue weighted by Gasteiger charge is -2.27. The summed E-state index contributed by atoms with van der Waals surface area (Å²) in [5.74, 6) is -0.600. The normalized spacial score (nSPS) is 19.4. The maximum atomic E-state index is 13.6. The van der Waals surface area contributed by atoms with Crippen molar-refractivity contribution >= 4 is 39.2 Å². The number of ketones is 1. The highest BCUT2D eigenvalue weighted by Crippen LogP contribution is 2.28. The van der Waals surface area contributed by atoms with Gasteiger partial charge in [-0.05, 0) is 73.7 Å². The third-order valence-electron chi connectivity index (χ3n) is 8.05. The van der Waals surface area contributed by atoms with Gasteiger partial charge in [0.2, 0.25) is 5.91 Å². The van der Waals surface area contributed by atoms with Gasteiger partial charge in [0.25, 0.3) is 15.9 Å². The molecule has 5 rings (SSSR count). The molecule has 1 saturated carbocycles. The highest BCUT2D eigenvalue weighted by atomic mass is 35.5. The number of nitrogens with one attached hydrogen (secondary N) is 2. The van der Waals surface area contributed by atoms with Crippen LogP contribution in [0.1, 0.15) is 61.9 Å². The summed E-state index contributed by atoms with van der Waals surface area (Å²) in [4.78, 5) is 44.0. The van der Waals surface area contributed by atoms with Crippen LogP contribution in [0.15, 0.2) is 70.2 Å². The van der Waals surface area contributed by atoms with Gasteiger partial charge in [-0.2, -0.15) is 4.31 Å². The molecule has 2 N–H and O–H groups in total. The molecule has 2 amide bonds. The largest absolute Gasteiger partial charge is 0.451 e. The molecule has 0 spiro atoms. The van der Waals surface area contributed by atoms with Crippen molar-refractivity contribution in [2.24, 2.45) is 5.92 Å². The predicted octanol–water partition coefficient (Wildman–Crippen LogP) is 4.60. The molecule has 3 aromatic rings. The maximum Gasteiger partial charge on any atom is 0.287 e. The van der Waals surface area contributed by atoms with E-state index in [1.807, 2.05) is 0 Å². The number of halogens is 1. The second kappa shape index (κ2) is 13.8. The van der Waals surface area contributed by atoms with Crippen molar-refractivity contribution in [3.8, 4) is 11.3 Å². The van der Waals surface area contributed by atoms with E-state index in [2.05, 4.69) is 15.6 Å². The first-order chi connectivity index (χ1) is 20.7. The number of benzene rings is 1. The van der Waals surface area contributed by atoms with Gasteiger partial charge in [-0.15, -0.1) is 0 Å². The molecule has 2 aromatic heterocycles. The van der Waals surface area contributed by atoms with Crippen molar-refractivity contribution in [1.29, 1.82) is 0 Å². The Hall–Kier alpha value is -3.54. The third kappa shape index (κ3) is 7.70. The standard InChI is InChI=1S/C31H35ClN4O6S/c32-23-13-11-22(12-14-23)27-15-16-28(42-27)31(39)35-25(19-21-7-2-1-3-8-21)30(38)34-24-9-6-18-36(20-26(24)37)43(40,41)29-10-4-5-17-33-29/h4-5,10-17,21,24-25H,1-3,6-9,18-20H2,(H,34,38)(H,35,39)/t24-,25?/m0/s1. The fourth-order valence-corrected chi connectivity index (χ4v) is 7.21. The fraction of sp³-hybridized carbons (Fsp3) is 0.419. The SMILES string of the molecule is O=C(NC(CC1CCCCC1)C(=O)N[C@H]1CCCN(S(=O)(=O)c2ccccn2)CC1=O)c1ccc(-c2ccc(Cl)cc2)o1. The highest BCUT2D eigenvalue weighted by Gasteiger charge is 2.35. The zero-order chi connectivity index (χ0) is 30.4. The molecule has 1 aliphatic heterocycles. The lowest BCUT2D eigenvalue weighted by molar-refractivity contribution is -0.129. The molecule has 43 heavy (non-hydrogen) atoms. The minimum atomic E-state index is -3.96. The zero-order valence-electron chi connectivity index (χ0n) is 23.7. The van der Waals surface area contributed by atoms with Crippen LogP contribution < -0.4 is 10.6 Å². The van der Waals surface area contributed by atoms with Crippen LogP contribution in [0, 0.1) is 5.92 Å². The summed E-state index contributed by atoms with van der Waals surface area (Å²) in [5, 5.41) is 6.11. The van der Waals surface area contributed by atoms with Crippen LogP contribution >= 0.6 is 11.6 Å². The molecule has 1 aromatic carbocycles. The fourth-order valence-electron chi connectivity index (χ4n) is 5.70. The molecule has 2 aliphatic rings. The second-order valence-corrected chi connectivity index (χ2v) is 13.4. The zero-order valence-corrected chi connectivity index (χ0v) is 25.3. The summed E-state index contributed by atoms with van der Waals surface area (Å²) >= 11 is 5.98. The molecular formula is C31H35ClN4O6S. The van der Waals surface area contributed by atoms with E-state index < -0.39 is 39.7 Å². The Balaban J connectivity index is 1.27. The number of aromatic nitrogens is 1. The quantitative estimate of drug-likeness (QED) is 0.354. The molecule has 12 heteroatoms. The summed E-state index contributed by atoms with van der Waals surface area (Å²) in [7, 11) is -3.96. The molecule has 0 bridgehead atoms. The summed E-state index contributed by atoms with van der Waals surface area (Å²) in [6, 6.07) is 13.1. The molecule has 2 atom stereocenters. The minimum absolute atomic E-state index is 0.0623. The van der Waals surface area contributed by atoms with Crippen LogP contribution in [-0.2, 0) is 19.6 Å². The van der Waals surface area contributed by atoms with Gasteiger partial charge in [-0.25, -0.2) is 13.4 Å². The number of pyridine rings is 1. The van der Waals surface area contributed by atoms with Gasteiger partial charge in [0.05, 0.1) is 12.6 Å². The molecule has 1 saturated heterocycles. The summed E-state index contributed by atoms with van der Waals surface area (Å²) in [6.07, 6.45) is 7.69. The van der Waals surface area contributed by atoms with E-state index in [-0.39, 0.29) is 36.2 Å². The van der Waals surface area contributed by atoms with Crippen molar-refractivity contribution in [3.63, 3.8) is 0 Å². The van der Waals surface area contributed by atoms with Crippen LogP contribution in [-0.4, -0.2) is 60.5 Å². The molecule has 10 nitrogen and oxygen atoms in total. The van der Waals surface area contributed by atoms with Gasteiger partial charge in [0.15, 0.2) is 16.6 Å². The van der Waals surface area contributed by atoms with E-state index in [0.29, 0.717) is 23.6 Å². The van der Waals surface area contributed by atoms with E-state index in [9.17, 15) is 22.8 Å². The number of carbonyl (C=O) groups excluding carboxylic acids is 3. The first-order valence-corrected chi connectivity index (χ1v) is 16.4. The van der Waals surface area contributed by atoms with Crippen LogP contribution in [0.4, 0.5) is 0 Å². The monoisotopic (exact) mass is 626 g/mol. The number of hydrogen-bond donors (Lipinski definition) is 2. The first kappa shape index (κ1) is 30.9. The predicted molar refractivity (Wildman–Crippen MR) is 161 cm³/mol. The summed E-state index contributed by atoms with van der Waals surface area (Å²) in [5.41, 5.74) is 0.755. The van der Waals surface area contributed by atoms with E-state index in [1.165, 1.54) is 12.3 Å². The van der Waals surface area contributed by atoms with E-state index in [4.69, 9.17) is 16.0 Å². The number of Topliss-reactive ketones (excluding diaryl/α,β-unsaturated/α-hetero) is 1.